The number of hydrogen-bond donors (Lipinski definition) is 0. The number of hydrogen-bond acceptors (Lipinski definition) is 2. The zero-order valence-electron chi connectivity index (χ0n) is 28.7. The molecule has 1 aliphatic heterocycles. The molecular weight excluding hydrogens is 631 g/mol. The minimum absolute atomic E-state index is 0.850. The second kappa shape index (κ2) is 11.1. The molecule has 0 radical (unpaired) electrons. The molecule has 3 heteroatoms. The van der Waals surface area contributed by atoms with Gasteiger partial charge in [0.05, 0.1) is 28.1 Å². The fourth-order valence-corrected chi connectivity index (χ4v) is 8.79. The molecule has 11 rings (SSSR count). The number of imidazole rings is 1. The van der Waals surface area contributed by atoms with E-state index in [1.807, 2.05) is 0 Å². The Labute approximate surface area is 301 Å². The number of benzene rings is 9. The summed E-state index contributed by atoms with van der Waals surface area (Å²) in [5, 5.41) is 10.1. The van der Waals surface area contributed by atoms with Crippen LogP contribution in [0.25, 0.3) is 82.1 Å². The molecule has 0 spiro atoms. The third-order valence-corrected chi connectivity index (χ3v) is 11.0. The van der Waals surface area contributed by atoms with Crippen LogP contribution in [-0.2, 0) is 6.42 Å². The van der Waals surface area contributed by atoms with Crippen molar-refractivity contribution in [1.82, 2.24) is 9.55 Å². The summed E-state index contributed by atoms with van der Waals surface area (Å²) in [4.78, 5) is 7.52. The van der Waals surface area contributed by atoms with Crippen molar-refractivity contribution in [3.8, 4) is 27.9 Å². The van der Waals surface area contributed by atoms with E-state index in [1.165, 1.54) is 65.3 Å². The van der Waals surface area contributed by atoms with Gasteiger partial charge in [-0.3, -0.25) is 4.57 Å². The third-order valence-electron chi connectivity index (χ3n) is 11.0. The van der Waals surface area contributed by atoms with Gasteiger partial charge >= 0.3 is 0 Å². The standard InChI is InChI=1S/C49H33N3/c1-2-46-50-42-21-12-22-44-49(42)52(46)43-28-26-34(30-45(43)51(44)35-14-4-3-5-15-35)48-40-19-10-8-17-38(40)47(39-18-9-11-20-41(39)48)33-25-27-37-32(29-33)24-23-31-13-6-7-16-36(31)37/h3-30H,2H2,1H3. The van der Waals surface area contributed by atoms with E-state index >= 15 is 0 Å². The number of aromatic nitrogens is 2. The summed E-state index contributed by atoms with van der Waals surface area (Å²) in [5.74, 6) is 1.08. The zero-order valence-corrected chi connectivity index (χ0v) is 28.7. The fourth-order valence-electron chi connectivity index (χ4n) is 8.79. The van der Waals surface area contributed by atoms with Gasteiger partial charge in [0.1, 0.15) is 5.82 Å². The first-order valence-electron chi connectivity index (χ1n) is 18.1. The van der Waals surface area contributed by atoms with E-state index in [-0.39, 0.29) is 0 Å². The predicted octanol–water partition coefficient (Wildman–Crippen LogP) is 13.3. The molecule has 0 saturated carbocycles. The van der Waals surface area contributed by atoms with Crippen LogP contribution in [0.3, 0.4) is 0 Å². The van der Waals surface area contributed by atoms with Crippen molar-refractivity contribution in [3.63, 3.8) is 0 Å². The van der Waals surface area contributed by atoms with Crippen LogP contribution in [0, 0.1) is 0 Å². The third kappa shape index (κ3) is 4.11. The summed E-state index contributed by atoms with van der Waals surface area (Å²) < 4.78 is 2.38. The van der Waals surface area contributed by atoms with Gasteiger partial charge in [0, 0.05) is 12.1 Å². The number of rotatable bonds is 4. The molecule has 0 N–H and O–H groups in total. The monoisotopic (exact) mass is 663 g/mol. The number of nitrogens with zero attached hydrogens (tertiary/aromatic N) is 3. The lowest BCUT2D eigenvalue weighted by Crippen LogP contribution is -2.19. The van der Waals surface area contributed by atoms with E-state index in [9.17, 15) is 0 Å². The van der Waals surface area contributed by atoms with Crippen molar-refractivity contribution in [2.24, 2.45) is 0 Å². The summed E-state index contributed by atoms with van der Waals surface area (Å²) in [7, 11) is 0. The topological polar surface area (TPSA) is 21.1 Å². The lowest BCUT2D eigenvalue weighted by molar-refractivity contribution is 0.900. The van der Waals surface area contributed by atoms with Crippen LogP contribution in [0.5, 0.6) is 0 Å². The molecule has 9 aromatic carbocycles. The number of para-hydroxylation sites is 2. The molecule has 3 nitrogen and oxygen atoms in total. The quantitative estimate of drug-likeness (QED) is 0.138. The Hall–Kier alpha value is -6.71. The van der Waals surface area contributed by atoms with Gasteiger partial charge in [0.2, 0.25) is 0 Å². The largest absolute Gasteiger partial charge is 0.306 e. The van der Waals surface area contributed by atoms with Gasteiger partial charge in [-0.1, -0.05) is 134 Å². The van der Waals surface area contributed by atoms with Gasteiger partial charge in [-0.05, 0) is 108 Å². The van der Waals surface area contributed by atoms with Crippen molar-refractivity contribution < 1.29 is 0 Å². The van der Waals surface area contributed by atoms with Crippen LogP contribution in [0.4, 0.5) is 17.1 Å². The molecule has 0 atom stereocenters. The van der Waals surface area contributed by atoms with Gasteiger partial charge in [0.25, 0.3) is 0 Å². The smallest absolute Gasteiger partial charge is 0.114 e. The molecule has 0 amide bonds. The van der Waals surface area contributed by atoms with E-state index < -0.39 is 0 Å². The van der Waals surface area contributed by atoms with Crippen LogP contribution in [-0.4, -0.2) is 9.55 Å². The van der Waals surface area contributed by atoms with E-state index in [4.69, 9.17) is 4.98 Å². The average Bonchev–Trinajstić information content (AvgIpc) is 3.60. The van der Waals surface area contributed by atoms with E-state index in [0.717, 1.165) is 46.0 Å². The van der Waals surface area contributed by atoms with Crippen molar-refractivity contribution in [3.05, 3.63) is 176 Å². The van der Waals surface area contributed by atoms with Crippen LogP contribution in [0.2, 0.25) is 0 Å². The first-order valence-corrected chi connectivity index (χ1v) is 18.1. The van der Waals surface area contributed by atoms with Gasteiger partial charge in [-0.2, -0.15) is 0 Å². The Balaban J connectivity index is 1.18. The molecule has 0 bridgehead atoms. The molecule has 1 aromatic heterocycles. The van der Waals surface area contributed by atoms with Crippen LogP contribution in [0.1, 0.15) is 12.7 Å². The minimum atomic E-state index is 0.850. The highest BCUT2D eigenvalue weighted by molar-refractivity contribution is 6.22. The summed E-state index contributed by atoms with van der Waals surface area (Å²) in [5.41, 5.74) is 11.7. The maximum Gasteiger partial charge on any atom is 0.114 e. The lowest BCUT2D eigenvalue weighted by atomic mass is 9.85. The second-order valence-electron chi connectivity index (χ2n) is 13.8. The molecule has 1 aliphatic rings. The summed E-state index contributed by atoms with van der Waals surface area (Å²) in [6.45, 7) is 2.19. The molecule has 0 unspecified atom stereocenters. The van der Waals surface area contributed by atoms with Crippen molar-refractivity contribution in [1.29, 1.82) is 0 Å². The van der Waals surface area contributed by atoms with Gasteiger partial charge < -0.3 is 4.90 Å². The number of anilines is 3. The number of aryl methyl sites for hydroxylation is 1. The zero-order chi connectivity index (χ0) is 34.3. The highest BCUT2D eigenvalue weighted by atomic mass is 15.2. The Morgan fingerprint density at radius 2 is 1.04 bits per heavy atom. The molecule has 52 heavy (non-hydrogen) atoms. The molecular formula is C49H33N3. The SMILES string of the molecule is CCc1nc2cccc3c2n1-c1ccc(-c2c4ccccc4c(-c4ccc5c(ccc6ccccc65)c4)c4ccccc24)cc1N3c1ccccc1. The summed E-state index contributed by atoms with van der Waals surface area (Å²) >= 11 is 0. The van der Waals surface area contributed by atoms with Crippen molar-refractivity contribution >= 4 is 71.2 Å². The van der Waals surface area contributed by atoms with E-state index in [2.05, 4.69) is 186 Å². The normalized spacial score (nSPS) is 12.4. The molecule has 244 valence electrons. The minimum Gasteiger partial charge on any atom is -0.306 e. The first kappa shape index (κ1) is 29.1. The van der Waals surface area contributed by atoms with Gasteiger partial charge in [-0.15, -0.1) is 0 Å². The first-order chi connectivity index (χ1) is 25.8. The lowest BCUT2D eigenvalue weighted by Gasteiger charge is -2.33. The maximum atomic E-state index is 5.10. The van der Waals surface area contributed by atoms with E-state index in [0.29, 0.717) is 0 Å². The Bertz CT molecular complexity index is 3010. The van der Waals surface area contributed by atoms with Crippen molar-refractivity contribution in [2.75, 3.05) is 4.90 Å². The fraction of sp³-hybridized carbons (Fsp3) is 0.0408. The molecule has 0 saturated heterocycles. The summed E-state index contributed by atoms with van der Waals surface area (Å²) in [6.07, 6.45) is 0.850. The maximum absolute atomic E-state index is 5.10. The van der Waals surface area contributed by atoms with Crippen LogP contribution < -0.4 is 4.90 Å². The molecule has 10 aromatic rings. The Morgan fingerprint density at radius 1 is 0.442 bits per heavy atom. The molecule has 2 heterocycles. The highest BCUT2D eigenvalue weighted by Crippen LogP contribution is 2.50. The van der Waals surface area contributed by atoms with Crippen LogP contribution in [0.15, 0.2) is 170 Å². The van der Waals surface area contributed by atoms with E-state index in [1.54, 1.807) is 0 Å². The van der Waals surface area contributed by atoms with Crippen LogP contribution >= 0.6 is 0 Å². The van der Waals surface area contributed by atoms with Gasteiger partial charge in [0.15, 0.2) is 0 Å². The molecule has 0 aliphatic carbocycles. The van der Waals surface area contributed by atoms with Gasteiger partial charge in [-0.25, -0.2) is 4.98 Å². The average molecular weight is 664 g/mol. The number of fused-ring (bicyclic) bond motifs is 7. The Kier molecular flexibility index (Phi) is 6.23. The second-order valence-corrected chi connectivity index (χ2v) is 13.8. The predicted molar refractivity (Wildman–Crippen MR) is 220 cm³/mol. The summed E-state index contributed by atoms with van der Waals surface area (Å²) in [6, 6.07) is 62.3. The van der Waals surface area contributed by atoms with Crippen molar-refractivity contribution in [2.45, 2.75) is 13.3 Å². The molecule has 0 fully saturated rings. The highest BCUT2D eigenvalue weighted by Gasteiger charge is 2.29. The Morgan fingerprint density at radius 3 is 1.75 bits per heavy atom.